The molecule has 3 rings (SSSR count). The first-order chi connectivity index (χ1) is 8.84. The van der Waals surface area contributed by atoms with E-state index in [-0.39, 0.29) is 0 Å². The van der Waals surface area contributed by atoms with Crippen LogP contribution in [-0.2, 0) is 0 Å². The lowest BCUT2D eigenvalue weighted by molar-refractivity contribution is 1.06. The Bertz CT molecular complexity index is 693. The number of imidazole rings is 1. The average molecular weight is 234 g/mol. The molecule has 0 spiro atoms. The van der Waals surface area contributed by atoms with E-state index in [4.69, 9.17) is 0 Å². The molecule has 88 valence electrons. The van der Waals surface area contributed by atoms with Crippen LogP contribution in [-0.4, -0.2) is 9.55 Å². The summed E-state index contributed by atoms with van der Waals surface area (Å²) in [7, 11) is 0. The predicted molar refractivity (Wildman–Crippen MR) is 76.1 cm³/mol. The molecular weight excluding hydrogens is 220 g/mol. The normalized spacial score (nSPS) is 11.4. The smallest absolute Gasteiger partial charge is 0.110 e. The summed E-state index contributed by atoms with van der Waals surface area (Å²) in [6.45, 7) is 2.02. The summed E-state index contributed by atoms with van der Waals surface area (Å²) < 4.78 is 2.11. The third-order valence-electron chi connectivity index (χ3n) is 2.99. The van der Waals surface area contributed by atoms with Gasteiger partial charge >= 0.3 is 0 Å². The topological polar surface area (TPSA) is 17.8 Å². The fourth-order valence-corrected chi connectivity index (χ4v) is 2.08. The maximum atomic E-state index is 4.54. The van der Waals surface area contributed by atoms with Crippen LogP contribution in [0.1, 0.15) is 11.4 Å². The lowest BCUT2D eigenvalue weighted by Crippen LogP contribution is -1.88. The monoisotopic (exact) mass is 234 g/mol. The van der Waals surface area contributed by atoms with Gasteiger partial charge in [0.25, 0.3) is 0 Å². The third-order valence-corrected chi connectivity index (χ3v) is 2.99. The van der Waals surface area contributed by atoms with E-state index in [0.717, 1.165) is 16.9 Å². The minimum absolute atomic E-state index is 1.00. The zero-order valence-corrected chi connectivity index (χ0v) is 10.2. The SMILES string of the molecule is Cc1nc2ccccc2n1/C=C/c1ccccc1. The number of fused-ring (bicyclic) bond motifs is 1. The molecule has 0 amide bonds. The van der Waals surface area contributed by atoms with Crippen LogP contribution in [0.3, 0.4) is 0 Å². The fourth-order valence-electron chi connectivity index (χ4n) is 2.08. The Labute approximate surface area is 106 Å². The predicted octanol–water partition coefficient (Wildman–Crippen LogP) is 3.97. The number of nitrogens with zero attached hydrogens (tertiary/aromatic N) is 2. The molecule has 1 heterocycles. The summed E-state index contributed by atoms with van der Waals surface area (Å²) in [5.41, 5.74) is 3.37. The highest BCUT2D eigenvalue weighted by Gasteiger charge is 2.02. The highest BCUT2D eigenvalue weighted by atomic mass is 15.1. The Morgan fingerprint density at radius 1 is 0.944 bits per heavy atom. The van der Waals surface area contributed by atoms with E-state index in [2.05, 4.69) is 40.0 Å². The first-order valence-corrected chi connectivity index (χ1v) is 6.01. The number of para-hydroxylation sites is 2. The molecule has 0 atom stereocenters. The van der Waals surface area contributed by atoms with Crippen molar-refractivity contribution in [2.75, 3.05) is 0 Å². The van der Waals surface area contributed by atoms with Crippen LogP contribution in [0.15, 0.2) is 54.6 Å². The molecule has 0 bridgehead atoms. The largest absolute Gasteiger partial charge is 0.303 e. The van der Waals surface area contributed by atoms with E-state index in [1.165, 1.54) is 5.56 Å². The van der Waals surface area contributed by atoms with E-state index >= 15 is 0 Å². The molecule has 1 aromatic heterocycles. The van der Waals surface area contributed by atoms with Gasteiger partial charge in [-0.3, -0.25) is 0 Å². The van der Waals surface area contributed by atoms with Gasteiger partial charge in [-0.2, -0.15) is 0 Å². The summed E-state index contributed by atoms with van der Waals surface area (Å²) in [6, 6.07) is 18.5. The summed E-state index contributed by atoms with van der Waals surface area (Å²) in [5.74, 6) is 1.00. The molecule has 3 aromatic rings. The molecule has 18 heavy (non-hydrogen) atoms. The van der Waals surface area contributed by atoms with Gasteiger partial charge in [0.2, 0.25) is 0 Å². The van der Waals surface area contributed by atoms with Crippen molar-refractivity contribution in [3.63, 3.8) is 0 Å². The van der Waals surface area contributed by atoms with Crippen molar-refractivity contribution in [1.82, 2.24) is 9.55 Å². The molecule has 2 nitrogen and oxygen atoms in total. The highest BCUT2D eigenvalue weighted by Crippen LogP contribution is 2.16. The molecule has 2 aromatic carbocycles. The zero-order valence-electron chi connectivity index (χ0n) is 10.2. The van der Waals surface area contributed by atoms with Crippen molar-refractivity contribution in [3.05, 3.63) is 66.0 Å². The second-order valence-electron chi connectivity index (χ2n) is 4.24. The van der Waals surface area contributed by atoms with Gasteiger partial charge in [0.1, 0.15) is 5.82 Å². The number of benzene rings is 2. The van der Waals surface area contributed by atoms with Crippen molar-refractivity contribution in [2.45, 2.75) is 6.92 Å². The second-order valence-corrected chi connectivity index (χ2v) is 4.24. The van der Waals surface area contributed by atoms with Gasteiger partial charge in [0.05, 0.1) is 11.0 Å². The molecule has 0 aliphatic carbocycles. The van der Waals surface area contributed by atoms with Crippen LogP contribution in [0.4, 0.5) is 0 Å². The quantitative estimate of drug-likeness (QED) is 0.656. The number of rotatable bonds is 2. The number of hydrogen-bond donors (Lipinski definition) is 0. The first-order valence-electron chi connectivity index (χ1n) is 6.01. The van der Waals surface area contributed by atoms with Crippen LogP contribution >= 0.6 is 0 Å². The Morgan fingerprint density at radius 2 is 1.67 bits per heavy atom. The van der Waals surface area contributed by atoms with Gasteiger partial charge < -0.3 is 4.57 Å². The Morgan fingerprint density at radius 3 is 2.50 bits per heavy atom. The summed E-state index contributed by atoms with van der Waals surface area (Å²) in [4.78, 5) is 4.54. The van der Waals surface area contributed by atoms with Gasteiger partial charge in [-0.25, -0.2) is 4.98 Å². The molecule has 0 saturated heterocycles. The maximum Gasteiger partial charge on any atom is 0.110 e. The third kappa shape index (κ3) is 1.93. The van der Waals surface area contributed by atoms with Crippen molar-refractivity contribution in [3.8, 4) is 0 Å². The highest BCUT2D eigenvalue weighted by molar-refractivity contribution is 5.79. The van der Waals surface area contributed by atoms with Crippen LogP contribution < -0.4 is 0 Å². The molecule has 2 heteroatoms. The van der Waals surface area contributed by atoms with Gasteiger partial charge in [-0.1, -0.05) is 42.5 Å². The van der Waals surface area contributed by atoms with Crippen LogP contribution in [0.5, 0.6) is 0 Å². The Kier molecular flexibility index (Phi) is 2.69. The molecule has 0 fully saturated rings. The zero-order chi connectivity index (χ0) is 12.4. The van der Waals surface area contributed by atoms with Gasteiger partial charge in [-0.15, -0.1) is 0 Å². The maximum absolute atomic E-state index is 4.54. The van der Waals surface area contributed by atoms with Crippen LogP contribution in [0, 0.1) is 6.92 Å². The van der Waals surface area contributed by atoms with E-state index in [1.54, 1.807) is 0 Å². The second kappa shape index (κ2) is 4.49. The van der Waals surface area contributed by atoms with Gasteiger partial charge in [-0.05, 0) is 30.7 Å². The number of aryl methyl sites for hydroxylation is 1. The Balaban J connectivity index is 2.05. The van der Waals surface area contributed by atoms with E-state index in [0.29, 0.717) is 0 Å². The van der Waals surface area contributed by atoms with Crippen LogP contribution in [0.2, 0.25) is 0 Å². The standard InChI is InChI=1S/C16H14N2/c1-13-17-15-9-5-6-10-16(15)18(13)12-11-14-7-3-2-4-8-14/h2-12H,1H3/b12-11+. The van der Waals surface area contributed by atoms with Crippen molar-refractivity contribution in [2.24, 2.45) is 0 Å². The number of hydrogen-bond acceptors (Lipinski definition) is 1. The van der Waals surface area contributed by atoms with Crippen LogP contribution in [0.25, 0.3) is 23.3 Å². The van der Waals surface area contributed by atoms with Crippen molar-refractivity contribution >= 4 is 23.3 Å². The van der Waals surface area contributed by atoms with E-state index in [9.17, 15) is 0 Å². The lowest BCUT2D eigenvalue weighted by atomic mass is 10.2. The summed E-state index contributed by atoms with van der Waals surface area (Å²) in [5, 5.41) is 0. The first kappa shape index (κ1) is 10.8. The van der Waals surface area contributed by atoms with E-state index in [1.807, 2.05) is 43.3 Å². The Hall–Kier alpha value is -2.35. The minimum Gasteiger partial charge on any atom is -0.303 e. The van der Waals surface area contributed by atoms with Crippen molar-refractivity contribution < 1.29 is 0 Å². The molecule has 0 aliphatic heterocycles. The average Bonchev–Trinajstić information content (AvgIpc) is 2.73. The molecule has 0 aliphatic rings. The van der Waals surface area contributed by atoms with Gasteiger partial charge in [0, 0.05) is 6.20 Å². The number of aromatic nitrogens is 2. The minimum atomic E-state index is 1.00. The molecule has 0 saturated carbocycles. The molecule has 0 radical (unpaired) electrons. The fraction of sp³-hybridized carbons (Fsp3) is 0.0625. The summed E-state index contributed by atoms with van der Waals surface area (Å²) in [6.07, 6.45) is 4.17. The lowest BCUT2D eigenvalue weighted by Gasteiger charge is -1.99. The molecule has 0 unspecified atom stereocenters. The molecule has 0 N–H and O–H groups in total. The van der Waals surface area contributed by atoms with Gasteiger partial charge in [0.15, 0.2) is 0 Å². The molecular formula is C16H14N2. The van der Waals surface area contributed by atoms with Crippen molar-refractivity contribution in [1.29, 1.82) is 0 Å². The summed E-state index contributed by atoms with van der Waals surface area (Å²) >= 11 is 0. The van der Waals surface area contributed by atoms with E-state index < -0.39 is 0 Å².